The van der Waals surface area contributed by atoms with E-state index in [9.17, 15) is 9.90 Å². The molecule has 0 radical (unpaired) electrons. The van der Waals surface area contributed by atoms with Gasteiger partial charge in [0.25, 0.3) is 0 Å². The molecule has 3 N–H and O–H groups in total. The lowest BCUT2D eigenvalue weighted by molar-refractivity contribution is 0.200. The number of aromatic nitrogens is 4. The zero-order chi connectivity index (χ0) is 23.8. The molecule has 5 rings (SSSR count). The number of ether oxygens (including phenoxy) is 1. The summed E-state index contributed by atoms with van der Waals surface area (Å²) in [6.45, 7) is 5.13. The van der Waals surface area contributed by atoms with E-state index in [4.69, 9.17) is 14.9 Å². The van der Waals surface area contributed by atoms with Crippen LogP contribution < -0.4 is 15.4 Å². The number of hydrogen-bond donors (Lipinski definition) is 3. The van der Waals surface area contributed by atoms with Crippen LogP contribution in [0.15, 0.2) is 16.7 Å². The van der Waals surface area contributed by atoms with E-state index < -0.39 is 6.09 Å². The first kappa shape index (κ1) is 22.6. The number of aryl methyl sites for hydroxylation is 1. The average molecular weight is 482 g/mol. The van der Waals surface area contributed by atoms with Gasteiger partial charge >= 0.3 is 6.09 Å². The predicted molar refractivity (Wildman–Crippen MR) is 130 cm³/mol. The van der Waals surface area contributed by atoms with Crippen LogP contribution in [-0.2, 0) is 18.7 Å². The Balaban J connectivity index is 1.56. The van der Waals surface area contributed by atoms with Gasteiger partial charge in [-0.1, -0.05) is 0 Å². The largest absolute Gasteiger partial charge is 0.496 e. The highest BCUT2D eigenvalue weighted by molar-refractivity contribution is 7.97. The van der Waals surface area contributed by atoms with Crippen LogP contribution in [0.1, 0.15) is 46.5 Å². The molecule has 2 aliphatic heterocycles. The molecule has 0 unspecified atom stereocenters. The van der Waals surface area contributed by atoms with Crippen molar-refractivity contribution in [3.8, 4) is 17.0 Å². The lowest BCUT2D eigenvalue weighted by atomic mass is 10.1. The first-order valence-electron chi connectivity index (χ1n) is 11.3. The Labute approximate surface area is 201 Å². The number of methoxy groups -OCH3 is 1. The topological polar surface area (TPSA) is 127 Å². The van der Waals surface area contributed by atoms with E-state index in [0.717, 1.165) is 52.4 Å². The van der Waals surface area contributed by atoms with E-state index in [2.05, 4.69) is 26.1 Å². The molecule has 0 atom stereocenters. The Kier molecular flexibility index (Phi) is 6.13. The van der Waals surface area contributed by atoms with Gasteiger partial charge in [-0.25, -0.2) is 4.79 Å². The van der Waals surface area contributed by atoms with E-state index in [1.807, 2.05) is 13.8 Å². The normalized spacial score (nSPS) is 15.2. The highest BCUT2D eigenvalue weighted by atomic mass is 32.2. The van der Waals surface area contributed by atoms with Gasteiger partial charge in [-0.2, -0.15) is 19.4 Å². The van der Waals surface area contributed by atoms with Crippen molar-refractivity contribution in [1.29, 1.82) is 0 Å². The predicted octanol–water partition coefficient (Wildman–Crippen LogP) is 2.92. The number of amides is 1. The number of rotatable bonds is 7. The molecule has 1 aromatic heterocycles. The van der Waals surface area contributed by atoms with Gasteiger partial charge in [0.2, 0.25) is 0 Å². The minimum Gasteiger partial charge on any atom is -0.496 e. The smallest absolute Gasteiger partial charge is 0.410 e. The molecule has 10 nitrogen and oxygen atoms in total. The van der Waals surface area contributed by atoms with Gasteiger partial charge in [-0.3, -0.25) is 10.3 Å². The fraction of sp³-hybridized carbons (Fsp3) is 0.435. The van der Waals surface area contributed by atoms with Gasteiger partial charge in [0.05, 0.1) is 18.5 Å². The maximum atomic E-state index is 11.5. The Morgan fingerprint density at radius 2 is 2.15 bits per heavy atom. The molecule has 1 saturated carbocycles. The molecule has 1 fully saturated rings. The number of carbonyl (C=O) groups is 1. The second kappa shape index (κ2) is 9.22. The SMILES string of the molecule is COc1c(C)cnc(Cn2nc3cc(CCNC4CC4)c4c-3c(n2)C(NC(=O)O)=NSC4)c1C. The summed E-state index contributed by atoms with van der Waals surface area (Å²) in [6, 6.07) is 2.74. The molecule has 4 aliphatic rings. The molecule has 0 spiro atoms. The van der Waals surface area contributed by atoms with Crippen LogP contribution in [0.5, 0.6) is 5.75 Å². The molecule has 1 aromatic rings. The molecular weight excluding hydrogens is 454 g/mol. The maximum Gasteiger partial charge on any atom is 0.410 e. The van der Waals surface area contributed by atoms with Crippen molar-refractivity contribution < 1.29 is 14.6 Å². The molecule has 11 heteroatoms. The number of nitrogens with one attached hydrogen (secondary N) is 2. The third kappa shape index (κ3) is 4.45. The molecule has 3 heterocycles. The molecular formula is C23H27N7O3S. The third-order valence-electron chi connectivity index (χ3n) is 6.19. The van der Waals surface area contributed by atoms with Crippen molar-refractivity contribution >= 4 is 23.9 Å². The van der Waals surface area contributed by atoms with E-state index in [-0.39, 0.29) is 5.84 Å². The van der Waals surface area contributed by atoms with Crippen molar-refractivity contribution in [3.63, 3.8) is 0 Å². The monoisotopic (exact) mass is 481 g/mol. The Bertz CT molecular complexity index is 1250. The molecule has 178 valence electrons. The molecule has 34 heavy (non-hydrogen) atoms. The van der Waals surface area contributed by atoms with Crippen LogP contribution in [0.25, 0.3) is 11.3 Å². The highest BCUT2D eigenvalue weighted by Crippen LogP contribution is 2.38. The molecule has 0 aromatic carbocycles. The van der Waals surface area contributed by atoms with Gasteiger partial charge in [-0.05, 0) is 68.8 Å². The zero-order valence-electron chi connectivity index (χ0n) is 19.4. The van der Waals surface area contributed by atoms with Crippen LogP contribution >= 0.6 is 11.9 Å². The summed E-state index contributed by atoms with van der Waals surface area (Å²) in [4.78, 5) is 17.6. The molecule has 1 amide bonds. The first-order chi connectivity index (χ1) is 16.4. The number of pyridine rings is 1. The van der Waals surface area contributed by atoms with Crippen molar-refractivity contribution in [2.45, 2.75) is 51.4 Å². The summed E-state index contributed by atoms with van der Waals surface area (Å²) in [6.07, 6.45) is 3.96. The highest BCUT2D eigenvalue weighted by Gasteiger charge is 2.29. The number of hydrogen-bond acceptors (Lipinski definition) is 8. The minimum absolute atomic E-state index is 0.219. The zero-order valence-corrected chi connectivity index (χ0v) is 20.2. The fourth-order valence-electron chi connectivity index (χ4n) is 4.37. The minimum atomic E-state index is -1.18. The van der Waals surface area contributed by atoms with Gasteiger partial charge in [0, 0.05) is 34.7 Å². The molecule has 0 saturated heterocycles. The summed E-state index contributed by atoms with van der Waals surface area (Å²) >= 11 is 1.32. The molecule has 0 bridgehead atoms. The Hall–Kier alpha value is -3.18. The number of carboxylic acid groups (broad SMARTS) is 1. The van der Waals surface area contributed by atoms with E-state index in [1.165, 1.54) is 30.4 Å². The van der Waals surface area contributed by atoms with Crippen molar-refractivity contribution in [3.05, 3.63) is 45.9 Å². The van der Waals surface area contributed by atoms with Crippen molar-refractivity contribution in [2.24, 2.45) is 4.40 Å². The summed E-state index contributed by atoms with van der Waals surface area (Å²) < 4.78 is 9.97. The summed E-state index contributed by atoms with van der Waals surface area (Å²) in [5, 5.41) is 24.9. The van der Waals surface area contributed by atoms with Crippen LogP contribution in [-0.4, -0.2) is 56.7 Å². The fourth-order valence-corrected chi connectivity index (χ4v) is 5.15. The van der Waals surface area contributed by atoms with Gasteiger partial charge in [0.1, 0.15) is 18.0 Å². The van der Waals surface area contributed by atoms with Crippen LogP contribution in [0.2, 0.25) is 0 Å². The third-order valence-corrected chi connectivity index (χ3v) is 6.92. The van der Waals surface area contributed by atoms with E-state index >= 15 is 0 Å². The Morgan fingerprint density at radius 3 is 2.88 bits per heavy atom. The molecule has 2 aliphatic carbocycles. The van der Waals surface area contributed by atoms with Gasteiger partial charge < -0.3 is 15.2 Å². The quantitative estimate of drug-likeness (QED) is 0.440. The standard InChI is InChI=1S/C23H27N7O3S/c1-12-9-25-18(13(2)21(12)33-3)10-30-27-17-8-14(6-7-24-15-4-5-15)16-11-34-29-22(26-23(31)32)20(28-30)19(16)17/h8-9,15,24H,4-7,10-11H2,1-3H3,(H,26,29)(H,31,32). The average Bonchev–Trinajstić information content (AvgIpc) is 3.57. The van der Waals surface area contributed by atoms with E-state index in [0.29, 0.717) is 24.0 Å². The number of nitrogens with zero attached hydrogens (tertiary/aromatic N) is 5. The second-order valence-electron chi connectivity index (χ2n) is 8.66. The van der Waals surface area contributed by atoms with Crippen molar-refractivity contribution in [2.75, 3.05) is 13.7 Å². The lowest BCUT2D eigenvalue weighted by Crippen LogP contribution is -2.32. The first-order valence-corrected chi connectivity index (χ1v) is 12.2. The maximum absolute atomic E-state index is 11.5. The van der Waals surface area contributed by atoms with Crippen LogP contribution in [0.4, 0.5) is 4.79 Å². The second-order valence-corrected chi connectivity index (χ2v) is 9.38. The summed E-state index contributed by atoms with van der Waals surface area (Å²) in [7, 11) is 1.64. The van der Waals surface area contributed by atoms with E-state index in [1.54, 1.807) is 18.1 Å². The number of amidine groups is 1. The van der Waals surface area contributed by atoms with Crippen LogP contribution in [0, 0.1) is 13.8 Å². The van der Waals surface area contributed by atoms with Gasteiger partial charge in [0.15, 0.2) is 5.84 Å². The van der Waals surface area contributed by atoms with Gasteiger partial charge in [-0.15, -0.1) is 0 Å². The Morgan fingerprint density at radius 1 is 1.32 bits per heavy atom. The summed E-state index contributed by atoms with van der Waals surface area (Å²) in [5.41, 5.74) is 7.12. The summed E-state index contributed by atoms with van der Waals surface area (Å²) in [5.74, 6) is 1.65. The van der Waals surface area contributed by atoms with Crippen LogP contribution in [0.3, 0.4) is 0 Å². The van der Waals surface area contributed by atoms with Crippen molar-refractivity contribution in [1.82, 2.24) is 30.6 Å². The lowest BCUT2D eigenvalue weighted by Gasteiger charge is -2.15.